The molecule has 0 bridgehead atoms. The quantitative estimate of drug-likeness (QED) is 0.646. The van der Waals surface area contributed by atoms with Gasteiger partial charge in [-0.05, 0) is 37.0 Å². The highest BCUT2D eigenvalue weighted by molar-refractivity contribution is 7.89. The van der Waals surface area contributed by atoms with Gasteiger partial charge in [-0.2, -0.15) is 13.2 Å². The van der Waals surface area contributed by atoms with Gasteiger partial charge in [0.05, 0.1) is 5.75 Å². The first kappa shape index (κ1) is 23.5. The Morgan fingerprint density at radius 2 is 1.97 bits per heavy atom. The molecule has 1 aliphatic heterocycles. The first-order chi connectivity index (χ1) is 13.6. The van der Waals surface area contributed by atoms with Crippen LogP contribution in [0.15, 0.2) is 24.3 Å². The van der Waals surface area contributed by atoms with E-state index in [-0.39, 0.29) is 29.9 Å². The van der Waals surface area contributed by atoms with Crippen molar-refractivity contribution in [2.75, 3.05) is 25.4 Å². The molecule has 1 saturated heterocycles. The first-order valence-corrected chi connectivity index (χ1v) is 11.3. The van der Waals surface area contributed by atoms with Gasteiger partial charge in [0.25, 0.3) is 0 Å². The number of nitrogens with zero attached hydrogens (tertiary/aromatic N) is 1. The molecule has 1 N–H and O–H groups in total. The SMILES string of the molecule is CCCCS(=O)(=O)N1CCC(C(=O)NCc2cccc(OCC(F)(F)F)c2)CC1. The number of alkyl halides is 3. The van der Waals surface area contributed by atoms with Gasteiger partial charge < -0.3 is 10.1 Å². The van der Waals surface area contributed by atoms with Gasteiger partial charge in [0, 0.05) is 25.6 Å². The van der Waals surface area contributed by atoms with Gasteiger partial charge in [0.1, 0.15) is 5.75 Å². The van der Waals surface area contributed by atoms with Crippen molar-refractivity contribution in [2.45, 2.75) is 45.3 Å². The van der Waals surface area contributed by atoms with Gasteiger partial charge in [0.2, 0.25) is 15.9 Å². The summed E-state index contributed by atoms with van der Waals surface area (Å²) in [7, 11) is -3.26. The highest BCUT2D eigenvalue weighted by atomic mass is 32.2. The van der Waals surface area contributed by atoms with Crippen LogP contribution in [-0.2, 0) is 21.4 Å². The standard InChI is InChI=1S/C19H27F3N2O4S/c1-2-3-11-29(26,27)24-9-7-16(8-10-24)18(25)23-13-15-5-4-6-17(12-15)28-14-19(20,21)22/h4-6,12,16H,2-3,7-11,13-14H2,1H3,(H,23,25). The summed E-state index contributed by atoms with van der Waals surface area (Å²) < 4.78 is 67.3. The lowest BCUT2D eigenvalue weighted by Crippen LogP contribution is -2.43. The smallest absolute Gasteiger partial charge is 0.422 e. The summed E-state index contributed by atoms with van der Waals surface area (Å²) in [5, 5.41) is 2.77. The maximum atomic E-state index is 12.4. The summed E-state index contributed by atoms with van der Waals surface area (Å²) >= 11 is 0. The van der Waals surface area contributed by atoms with Crippen molar-refractivity contribution >= 4 is 15.9 Å². The van der Waals surface area contributed by atoms with Gasteiger partial charge >= 0.3 is 6.18 Å². The van der Waals surface area contributed by atoms with E-state index >= 15 is 0 Å². The molecular formula is C19H27F3N2O4S. The van der Waals surface area contributed by atoms with Gasteiger partial charge in [-0.25, -0.2) is 12.7 Å². The fourth-order valence-electron chi connectivity index (χ4n) is 3.10. The zero-order valence-electron chi connectivity index (χ0n) is 16.4. The Labute approximate surface area is 169 Å². The van der Waals surface area contributed by atoms with Gasteiger partial charge in [-0.3, -0.25) is 4.79 Å². The number of amides is 1. The number of hydrogen-bond acceptors (Lipinski definition) is 4. The van der Waals surface area contributed by atoms with E-state index in [1.54, 1.807) is 12.1 Å². The zero-order chi connectivity index (χ0) is 21.5. The number of benzene rings is 1. The number of halogens is 3. The molecule has 1 fully saturated rings. The van der Waals surface area contributed by atoms with E-state index in [1.165, 1.54) is 16.4 Å². The fraction of sp³-hybridized carbons (Fsp3) is 0.632. The molecule has 10 heteroatoms. The third kappa shape index (κ3) is 7.85. The summed E-state index contributed by atoms with van der Waals surface area (Å²) in [6.45, 7) is 1.37. The van der Waals surface area contributed by atoms with E-state index < -0.39 is 22.8 Å². The number of carbonyl (C=O) groups is 1. The van der Waals surface area contributed by atoms with Crippen molar-refractivity contribution in [3.63, 3.8) is 0 Å². The van der Waals surface area contributed by atoms with E-state index in [2.05, 4.69) is 5.32 Å². The Bertz CT molecular complexity index is 776. The zero-order valence-corrected chi connectivity index (χ0v) is 17.2. The van der Waals surface area contributed by atoms with E-state index in [1.807, 2.05) is 6.92 Å². The Kier molecular flexibility index (Phi) is 8.33. The first-order valence-electron chi connectivity index (χ1n) is 9.65. The Balaban J connectivity index is 1.80. The molecule has 1 aliphatic rings. The molecule has 164 valence electrons. The largest absolute Gasteiger partial charge is 0.484 e. The van der Waals surface area contributed by atoms with Crippen molar-refractivity contribution in [3.8, 4) is 5.75 Å². The lowest BCUT2D eigenvalue weighted by atomic mass is 9.97. The summed E-state index contributed by atoms with van der Waals surface area (Å²) in [4.78, 5) is 12.4. The lowest BCUT2D eigenvalue weighted by molar-refractivity contribution is -0.153. The number of carbonyl (C=O) groups excluding carboxylic acids is 1. The number of hydrogen-bond donors (Lipinski definition) is 1. The van der Waals surface area contributed by atoms with Crippen LogP contribution in [-0.4, -0.2) is 50.3 Å². The van der Waals surface area contributed by atoms with Crippen LogP contribution in [0.5, 0.6) is 5.75 Å². The van der Waals surface area contributed by atoms with Crippen LogP contribution in [0, 0.1) is 5.92 Å². The summed E-state index contributed by atoms with van der Waals surface area (Å²) in [6.07, 6.45) is -2.09. The topological polar surface area (TPSA) is 75.7 Å². The fourth-order valence-corrected chi connectivity index (χ4v) is 4.77. The van der Waals surface area contributed by atoms with Crippen molar-refractivity contribution in [2.24, 2.45) is 5.92 Å². The average Bonchev–Trinajstić information content (AvgIpc) is 2.69. The molecule has 0 saturated carbocycles. The molecule has 0 aromatic heterocycles. The van der Waals surface area contributed by atoms with E-state index in [0.717, 1.165) is 6.42 Å². The Morgan fingerprint density at radius 1 is 1.28 bits per heavy atom. The molecule has 29 heavy (non-hydrogen) atoms. The molecule has 0 radical (unpaired) electrons. The number of unbranched alkanes of at least 4 members (excludes halogenated alkanes) is 1. The molecule has 0 atom stereocenters. The molecule has 0 aliphatic carbocycles. The van der Waals surface area contributed by atoms with Crippen LogP contribution in [0.1, 0.15) is 38.2 Å². The van der Waals surface area contributed by atoms with Crippen LogP contribution in [0.3, 0.4) is 0 Å². The Hall–Kier alpha value is -1.81. The highest BCUT2D eigenvalue weighted by Crippen LogP contribution is 2.22. The van der Waals surface area contributed by atoms with E-state index in [0.29, 0.717) is 37.9 Å². The number of piperidine rings is 1. The molecule has 1 aromatic rings. The molecule has 1 aromatic carbocycles. The molecule has 0 spiro atoms. The lowest BCUT2D eigenvalue weighted by Gasteiger charge is -2.30. The van der Waals surface area contributed by atoms with Crippen molar-refractivity contribution in [1.82, 2.24) is 9.62 Å². The van der Waals surface area contributed by atoms with E-state index in [4.69, 9.17) is 4.74 Å². The molecule has 0 unspecified atom stereocenters. The van der Waals surface area contributed by atoms with E-state index in [9.17, 15) is 26.4 Å². The predicted molar refractivity (Wildman–Crippen MR) is 103 cm³/mol. The molecular weight excluding hydrogens is 409 g/mol. The summed E-state index contributed by atoms with van der Waals surface area (Å²) in [6, 6.07) is 6.12. The molecule has 2 rings (SSSR count). The monoisotopic (exact) mass is 436 g/mol. The van der Waals surface area contributed by atoms with Crippen LogP contribution in [0.4, 0.5) is 13.2 Å². The average molecular weight is 436 g/mol. The van der Waals surface area contributed by atoms with Gasteiger partial charge in [-0.1, -0.05) is 25.5 Å². The molecule has 6 nitrogen and oxygen atoms in total. The second-order valence-electron chi connectivity index (χ2n) is 7.11. The second kappa shape index (κ2) is 10.3. The predicted octanol–water partition coefficient (Wildman–Crippen LogP) is 3.09. The van der Waals surface area contributed by atoms with Crippen molar-refractivity contribution < 1.29 is 31.1 Å². The Morgan fingerprint density at radius 3 is 2.59 bits per heavy atom. The van der Waals surface area contributed by atoms with Crippen LogP contribution in [0.25, 0.3) is 0 Å². The van der Waals surface area contributed by atoms with Crippen LogP contribution >= 0.6 is 0 Å². The third-order valence-electron chi connectivity index (χ3n) is 4.74. The van der Waals surface area contributed by atoms with Crippen molar-refractivity contribution in [3.05, 3.63) is 29.8 Å². The number of rotatable bonds is 9. The number of ether oxygens (including phenoxy) is 1. The molecule has 1 heterocycles. The van der Waals surface area contributed by atoms with Crippen molar-refractivity contribution in [1.29, 1.82) is 0 Å². The summed E-state index contributed by atoms with van der Waals surface area (Å²) in [5.74, 6) is -0.248. The number of nitrogens with one attached hydrogen (secondary N) is 1. The minimum absolute atomic E-state index is 0.0830. The minimum atomic E-state index is -4.41. The van der Waals surface area contributed by atoms with Gasteiger partial charge in [-0.15, -0.1) is 0 Å². The highest BCUT2D eigenvalue weighted by Gasteiger charge is 2.31. The third-order valence-corrected chi connectivity index (χ3v) is 6.70. The number of sulfonamides is 1. The molecule has 1 amide bonds. The minimum Gasteiger partial charge on any atom is -0.484 e. The second-order valence-corrected chi connectivity index (χ2v) is 9.20. The van der Waals surface area contributed by atoms with Crippen LogP contribution < -0.4 is 10.1 Å². The normalized spacial score (nSPS) is 16.6. The van der Waals surface area contributed by atoms with Gasteiger partial charge in [0.15, 0.2) is 6.61 Å². The van der Waals surface area contributed by atoms with Crippen LogP contribution in [0.2, 0.25) is 0 Å². The summed E-state index contributed by atoms with van der Waals surface area (Å²) in [5.41, 5.74) is 0.623. The maximum Gasteiger partial charge on any atom is 0.422 e. The maximum absolute atomic E-state index is 12.4.